The molecule has 0 atom stereocenters. The fraction of sp³-hybridized carbons (Fsp3) is 0.786. The highest BCUT2D eigenvalue weighted by molar-refractivity contribution is 6.33. The van der Waals surface area contributed by atoms with Crippen LogP contribution in [0.5, 0.6) is 0 Å². The zero-order chi connectivity index (χ0) is 12.4. The van der Waals surface area contributed by atoms with E-state index in [1.54, 1.807) is 4.68 Å². The first kappa shape index (κ1) is 11.2. The summed E-state index contributed by atoms with van der Waals surface area (Å²) in [6, 6.07) is 0. The summed E-state index contributed by atoms with van der Waals surface area (Å²) in [7, 11) is 1.89. The Hall–Kier alpha value is -0.700. The second kappa shape index (κ2) is 3.66. The van der Waals surface area contributed by atoms with Gasteiger partial charge in [-0.2, -0.15) is 5.10 Å². The lowest BCUT2D eigenvalue weighted by Gasteiger charge is -2.54. The molecule has 5 rings (SSSR count). The predicted molar refractivity (Wildman–Crippen MR) is 72.4 cm³/mol. The van der Waals surface area contributed by atoms with Crippen LogP contribution in [0.25, 0.3) is 0 Å². The number of hydrogen-bond donors (Lipinski definition) is 1. The van der Waals surface area contributed by atoms with E-state index in [1.807, 2.05) is 7.05 Å². The van der Waals surface area contributed by atoms with Crippen molar-refractivity contribution in [3.05, 3.63) is 10.7 Å². The Balaban J connectivity index is 1.74. The van der Waals surface area contributed by atoms with Gasteiger partial charge in [0.15, 0.2) is 0 Å². The molecule has 2 N–H and O–H groups in total. The first-order valence-corrected chi connectivity index (χ1v) is 7.49. The number of aromatic nitrogens is 2. The third-order valence-electron chi connectivity index (χ3n) is 5.60. The molecule has 4 fully saturated rings. The van der Waals surface area contributed by atoms with Crippen molar-refractivity contribution in [1.82, 2.24) is 9.78 Å². The molecule has 1 aromatic rings. The molecule has 1 heterocycles. The average Bonchev–Trinajstić information content (AvgIpc) is 2.56. The van der Waals surface area contributed by atoms with Crippen LogP contribution < -0.4 is 5.73 Å². The maximum absolute atomic E-state index is 6.40. The second-order valence-corrected chi connectivity index (χ2v) is 7.04. The zero-order valence-electron chi connectivity index (χ0n) is 10.8. The Kier molecular flexibility index (Phi) is 2.27. The van der Waals surface area contributed by atoms with E-state index in [2.05, 4.69) is 5.10 Å². The van der Waals surface area contributed by atoms with Crippen molar-refractivity contribution < 1.29 is 0 Å². The smallest absolute Gasteiger partial charge is 0.140 e. The lowest BCUT2D eigenvalue weighted by molar-refractivity contribution is -0.00427. The molecule has 0 unspecified atom stereocenters. The van der Waals surface area contributed by atoms with Crippen LogP contribution in [0.4, 0.5) is 5.82 Å². The molecule has 3 nitrogen and oxygen atoms in total. The Bertz CT molecular complexity index is 465. The van der Waals surface area contributed by atoms with Gasteiger partial charge in [0.2, 0.25) is 0 Å². The highest BCUT2D eigenvalue weighted by Crippen LogP contribution is 2.60. The van der Waals surface area contributed by atoms with Gasteiger partial charge in [-0.05, 0) is 55.8 Å². The number of nitrogens with zero attached hydrogens (tertiary/aromatic N) is 2. The molecule has 4 heteroatoms. The maximum atomic E-state index is 6.40. The minimum absolute atomic E-state index is 0.578. The molecule has 0 aromatic carbocycles. The highest BCUT2D eigenvalue weighted by atomic mass is 35.5. The van der Waals surface area contributed by atoms with Gasteiger partial charge in [0.05, 0.1) is 5.69 Å². The second-order valence-electron chi connectivity index (χ2n) is 6.66. The van der Waals surface area contributed by atoms with Crippen LogP contribution in [0.2, 0.25) is 5.02 Å². The minimum atomic E-state index is 0.578. The van der Waals surface area contributed by atoms with Gasteiger partial charge in [-0.15, -0.1) is 0 Å². The van der Waals surface area contributed by atoms with Crippen LogP contribution in [0.15, 0.2) is 0 Å². The summed E-state index contributed by atoms with van der Waals surface area (Å²) in [5, 5.41) is 5.33. The van der Waals surface area contributed by atoms with Crippen molar-refractivity contribution in [2.24, 2.45) is 30.7 Å². The van der Waals surface area contributed by atoms with Crippen molar-refractivity contribution in [1.29, 1.82) is 0 Å². The number of rotatable bonds is 1. The third-order valence-corrected chi connectivity index (χ3v) is 5.99. The van der Waals surface area contributed by atoms with E-state index >= 15 is 0 Å². The number of anilines is 1. The van der Waals surface area contributed by atoms with Gasteiger partial charge < -0.3 is 5.73 Å². The normalized spacial score (nSPS) is 41.6. The summed E-state index contributed by atoms with van der Waals surface area (Å²) in [6.45, 7) is 0. The molecule has 0 aliphatic heterocycles. The Morgan fingerprint density at radius 2 is 1.67 bits per heavy atom. The SMILES string of the molecule is Cn1nc(C2C3CC4CC(C3)CC2C4)c(Cl)c1N. The molecule has 0 saturated heterocycles. The first-order valence-electron chi connectivity index (χ1n) is 7.11. The minimum Gasteiger partial charge on any atom is -0.383 e. The summed E-state index contributed by atoms with van der Waals surface area (Å²) >= 11 is 6.40. The summed E-state index contributed by atoms with van der Waals surface area (Å²) in [4.78, 5) is 0. The summed E-state index contributed by atoms with van der Waals surface area (Å²) in [5.41, 5.74) is 7.05. The van der Waals surface area contributed by atoms with Gasteiger partial charge in [0.1, 0.15) is 10.8 Å². The third kappa shape index (κ3) is 1.40. The highest BCUT2D eigenvalue weighted by Gasteiger charge is 2.50. The molecule has 18 heavy (non-hydrogen) atoms. The zero-order valence-corrected chi connectivity index (χ0v) is 11.5. The molecular formula is C14H20ClN3. The van der Waals surface area contributed by atoms with Crippen LogP contribution in [-0.4, -0.2) is 9.78 Å². The molecule has 4 aliphatic rings. The molecule has 1 aromatic heterocycles. The average molecular weight is 266 g/mol. The van der Waals surface area contributed by atoms with Crippen molar-refractivity contribution in [3.8, 4) is 0 Å². The topological polar surface area (TPSA) is 43.8 Å². The molecule has 4 saturated carbocycles. The molecule has 4 aliphatic carbocycles. The van der Waals surface area contributed by atoms with E-state index in [0.29, 0.717) is 11.7 Å². The first-order chi connectivity index (χ1) is 8.63. The van der Waals surface area contributed by atoms with Crippen LogP contribution in [0.3, 0.4) is 0 Å². The van der Waals surface area contributed by atoms with Crippen LogP contribution in [0.1, 0.15) is 43.7 Å². The van der Waals surface area contributed by atoms with Gasteiger partial charge >= 0.3 is 0 Å². The molecule has 4 bridgehead atoms. The van der Waals surface area contributed by atoms with E-state index in [1.165, 1.54) is 32.1 Å². The summed E-state index contributed by atoms with van der Waals surface area (Å²) in [6.07, 6.45) is 7.06. The van der Waals surface area contributed by atoms with Crippen LogP contribution >= 0.6 is 11.6 Å². The van der Waals surface area contributed by atoms with E-state index in [-0.39, 0.29) is 0 Å². The summed E-state index contributed by atoms with van der Waals surface area (Å²) < 4.78 is 1.74. The standard InChI is InChI=1S/C14H20ClN3/c1-18-14(16)12(15)13(17-18)11-9-3-7-2-8(5-9)6-10(11)4-7/h7-11H,2-6,16H2,1H3. The Labute approximate surface area is 113 Å². The molecule has 0 radical (unpaired) electrons. The lowest BCUT2D eigenvalue weighted by atomic mass is 9.51. The largest absolute Gasteiger partial charge is 0.383 e. The quantitative estimate of drug-likeness (QED) is 0.847. The predicted octanol–water partition coefficient (Wildman–Crippen LogP) is 3.20. The molecule has 98 valence electrons. The number of halogens is 1. The Morgan fingerprint density at radius 1 is 1.11 bits per heavy atom. The van der Waals surface area contributed by atoms with Gasteiger partial charge in [-0.1, -0.05) is 11.6 Å². The lowest BCUT2D eigenvalue weighted by Crippen LogP contribution is -2.44. The van der Waals surface area contributed by atoms with E-state index in [0.717, 1.165) is 34.4 Å². The van der Waals surface area contributed by atoms with Crippen molar-refractivity contribution >= 4 is 17.4 Å². The number of nitrogen functional groups attached to an aromatic ring is 1. The van der Waals surface area contributed by atoms with Crippen LogP contribution in [-0.2, 0) is 7.05 Å². The van der Waals surface area contributed by atoms with E-state index < -0.39 is 0 Å². The molecule has 0 amide bonds. The fourth-order valence-corrected chi connectivity index (χ4v) is 5.40. The van der Waals surface area contributed by atoms with Crippen LogP contribution in [0, 0.1) is 23.7 Å². The monoisotopic (exact) mass is 265 g/mol. The van der Waals surface area contributed by atoms with Crippen molar-refractivity contribution in [2.45, 2.75) is 38.0 Å². The number of nitrogens with two attached hydrogens (primary N) is 1. The van der Waals surface area contributed by atoms with E-state index in [4.69, 9.17) is 17.3 Å². The number of hydrogen-bond acceptors (Lipinski definition) is 2. The van der Waals surface area contributed by atoms with Gasteiger partial charge in [0, 0.05) is 13.0 Å². The van der Waals surface area contributed by atoms with Crippen molar-refractivity contribution in [2.75, 3.05) is 5.73 Å². The van der Waals surface area contributed by atoms with Crippen molar-refractivity contribution in [3.63, 3.8) is 0 Å². The maximum Gasteiger partial charge on any atom is 0.140 e. The number of aryl methyl sites for hydroxylation is 1. The molecular weight excluding hydrogens is 246 g/mol. The fourth-order valence-electron chi connectivity index (χ4n) is 5.12. The summed E-state index contributed by atoms with van der Waals surface area (Å²) in [5.74, 6) is 4.81. The molecule has 0 spiro atoms. The van der Waals surface area contributed by atoms with Gasteiger partial charge in [-0.3, -0.25) is 4.68 Å². The van der Waals surface area contributed by atoms with E-state index in [9.17, 15) is 0 Å². The van der Waals surface area contributed by atoms with Gasteiger partial charge in [0.25, 0.3) is 0 Å². The van der Waals surface area contributed by atoms with Gasteiger partial charge in [-0.25, -0.2) is 0 Å². The Morgan fingerprint density at radius 3 is 2.11 bits per heavy atom.